The van der Waals surface area contributed by atoms with Crippen LogP contribution < -0.4 is 5.32 Å². The summed E-state index contributed by atoms with van der Waals surface area (Å²) in [5.41, 5.74) is 1.23. The largest absolute Gasteiger partial charge is 0.377 e. The molecular weight excluding hydrogens is 302 g/mol. The van der Waals surface area contributed by atoms with Gasteiger partial charge in [-0.2, -0.15) is 0 Å². The Bertz CT molecular complexity index is 366. The molecule has 19 heavy (non-hydrogen) atoms. The molecule has 0 bridgehead atoms. The lowest BCUT2D eigenvalue weighted by atomic mass is 10.2. The molecule has 0 amide bonds. The summed E-state index contributed by atoms with van der Waals surface area (Å²) in [4.78, 5) is 0. The number of unbranched alkanes of at least 4 members (excludes halogenated alkanes) is 3. The molecule has 0 radical (unpaired) electrons. The van der Waals surface area contributed by atoms with Crippen molar-refractivity contribution < 1.29 is 4.74 Å². The minimum absolute atomic E-state index is 0.713. The molecule has 2 rings (SSSR count). The standard InChI is InChI=1S/C16H24BrNO/c17-16-8-4-3-7-14(16)13-19-12-6-2-1-5-11-18-15-9-10-15/h3-4,7-8,15,18H,1-2,5-6,9-13H2. The number of ether oxygens (including phenoxy) is 1. The van der Waals surface area contributed by atoms with Crippen molar-refractivity contribution in [3.05, 3.63) is 34.3 Å². The summed E-state index contributed by atoms with van der Waals surface area (Å²) in [5.74, 6) is 0. The second-order valence-corrected chi connectivity index (χ2v) is 6.14. The van der Waals surface area contributed by atoms with Crippen molar-refractivity contribution in [2.75, 3.05) is 13.2 Å². The molecule has 0 atom stereocenters. The van der Waals surface area contributed by atoms with Crippen LogP contribution in [0.15, 0.2) is 28.7 Å². The quantitative estimate of drug-likeness (QED) is 0.648. The Kier molecular flexibility index (Phi) is 6.90. The Morgan fingerprint density at radius 2 is 1.89 bits per heavy atom. The van der Waals surface area contributed by atoms with Crippen molar-refractivity contribution in [2.45, 2.75) is 51.2 Å². The molecule has 0 unspecified atom stereocenters. The van der Waals surface area contributed by atoms with Crippen molar-refractivity contribution >= 4 is 15.9 Å². The Morgan fingerprint density at radius 1 is 1.11 bits per heavy atom. The highest BCUT2D eigenvalue weighted by atomic mass is 79.9. The van der Waals surface area contributed by atoms with Crippen LogP contribution in [0, 0.1) is 0 Å². The van der Waals surface area contributed by atoms with E-state index >= 15 is 0 Å². The van der Waals surface area contributed by atoms with Crippen molar-refractivity contribution in [3.63, 3.8) is 0 Å². The minimum atomic E-state index is 0.713. The number of halogens is 1. The first-order valence-electron chi connectivity index (χ1n) is 7.41. The molecule has 0 aliphatic heterocycles. The Labute approximate surface area is 125 Å². The SMILES string of the molecule is Brc1ccccc1COCCCCCCNC1CC1. The number of nitrogens with one attached hydrogen (secondary N) is 1. The summed E-state index contributed by atoms with van der Waals surface area (Å²) in [6.07, 6.45) is 7.86. The average molecular weight is 326 g/mol. The number of rotatable bonds is 10. The summed E-state index contributed by atoms with van der Waals surface area (Å²) < 4.78 is 6.85. The second-order valence-electron chi connectivity index (χ2n) is 5.29. The van der Waals surface area contributed by atoms with Gasteiger partial charge in [0.25, 0.3) is 0 Å². The molecule has 3 heteroatoms. The van der Waals surface area contributed by atoms with Crippen LogP contribution in [0.5, 0.6) is 0 Å². The van der Waals surface area contributed by atoms with E-state index in [0.29, 0.717) is 6.61 Å². The first-order chi connectivity index (χ1) is 9.36. The van der Waals surface area contributed by atoms with Crippen molar-refractivity contribution in [1.82, 2.24) is 5.32 Å². The monoisotopic (exact) mass is 325 g/mol. The van der Waals surface area contributed by atoms with Gasteiger partial charge in [-0.25, -0.2) is 0 Å². The van der Waals surface area contributed by atoms with E-state index in [0.717, 1.165) is 17.1 Å². The highest BCUT2D eigenvalue weighted by Gasteiger charge is 2.19. The molecule has 0 saturated heterocycles. The highest BCUT2D eigenvalue weighted by Crippen LogP contribution is 2.18. The maximum absolute atomic E-state index is 5.71. The Hall–Kier alpha value is -0.380. The predicted molar refractivity (Wildman–Crippen MR) is 83.3 cm³/mol. The summed E-state index contributed by atoms with van der Waals surface area (Å²) >= 11 is 3.54. The summed E-state index contributed by atoms with van der Waals surface area (Å²) in [6.45, 7) is 2.78. The minimum Gasteiger partial charge on any atom is -0.377 e. The number of hydrogen-bond acceptors (Lipinski definition) is 2. The normalized spacial score (nSPS) is 14.8. The fraction of sp³-hybridized carbons (Fsp3) is 0.625. The highest BCUT2D eigenvalue weighted by molar-refractivity contribution is 9.10. The smallest absolute Gasteiger partial charge is 0.0727 e. The van der Waals surface area contributed by atoms with Crippen LogP contribution in [0.2, 0.25) is 0 Å². The topological polar surface area (TPSA) is 21.3 Å². The third kappa shape index (κ3) is 6.55. The van der Waals surface area contributed by atoms with Crippen LogP contribution in [0.1, 0.15) is 44.1 Å². The Morgan fingerprint density at radius 3 is 2.68 bits per heavy atom. The van der Waals surface area contributed by atoms with Gasteiger partial charge in [-0.15, -0.1) is 0 Å². The Balaban J connectivity index is 1.40. The molecule has 1 saturated carbocycles. The van der Waals surface area contributed by atoms with Crippen molar-refractivity contribution in [3.8, 4) is 0 Å². The predicted octanol–water partition coefficient (Wildman–Crippen LogP) is 4.28. The van der Waals surface area contributed by atoms with Gasteiger partial charge >= 0.3 is 0 Å². The lowest BCUT2D eigenvalue weighted by Gasteiger charge is -2.06. The molecule has 106 valence electrons. The van der Waals surface area contributed by atoms with Gasteiger partial charge in [0.05, 0.1) is 6.61 Å². The maximum Gasteiger partial charge on any atom is 0.0727 e. The zero-order valence-corrected chi connectivity index (χ0v) is 13.1. The zero-order chi connectivity index (χ0) is 13.3. The lowest BCUT2D eigenvalue weighted by Crippen LogP contribution is -2.17. The molecular formula is C16H24BrNO. The van der Waals surface area contributed by atoms with Crippen LogP contribution in [0.3, 0.4) is 0 Å². The maximum atomic E-state index is 5.71. The fourth-order valence-electron chi connectivity index (χ4n) is 2.07. The second kappa shape index (κ2) is 8.72. The molecule has 1 aliphatic carbocycles. The van der Waals surface area contributed by atoms with Crippen LogP contribution in [0.4, 0.5) is 0 Å². The molecule has 2 nitrogen and oxygen atoms in total. The van der Waals surface area contributed by atoms with Crippen LogP contribution in [0.25, 0.3) is 0 Å². The van der Waals surface area contributed by atoms with E-state index in [2.05, 4.69) is 39.4 Å². The molecule has 1 aromatic rings. The zero-order valence-electron chi connectivity index (χ0n) is 11.5. The van der Waals surface area contributed by atoms with Gasteiger partial charge in [0, 0.05) is 17.1 Å². The summed E-state index contributed by atoms with van der Waals surface area (Å²) in [7, 11) is 0. The van der Waals surface area contributed by atoms with Crippen LogP contribution in [-0.4, -0.2) is 19.2 Å². The van der Waals surface area contributed by atoms with E-state index in [1.165, 1.54) is 50.6 Å². The van der Waals surface area contributed by atoms with Gasteiger partial charge in [-0.3, -0.25) is 0 Å². The van der Waals surface area contributed by atoms with E-state index in [4.69, 9.17) is 4.74 Å². The van der Waals surface area contributed by atoms with E-state index in [1.807, 2.05) is 6.07 Å². The molecule has 0 heterocycles. The van der Waals surface area contributed by atoms with Crippen LogP contribution in [-0.2, 0) is 11.3 Å². The first kappa shape index (κ1) is 15.0. The van der Waals surface area contributed by atoms with Crippen molar-refractivity contribution in [2.24, 2.45) is 0 Å². The van der Waals surface area contributed by atoms with Gasteiger partial charge in [-0.1, -0.05) is 47.0 Å². The van der Waals surface area contributed by atoms with Crippen LogP contribution >= 0.6 is 15.9 Å². The van der Waals surface area contributed by atoms with Gasteiger partial charge in [0.1, 0.15) is 0 Å². The average Bonchev–Trinajstić information content (AvgIpc) is 3.23. The van der Waals surface area contributed by atoms with E-state index in [1.54, 1.807) is 0 Å². The van der Waals surface area contributed by atoms with E-state index in [-0.39, 0.29) is 0 Å². The molecule has 1 fully saturated rings. The fourth-order valence-corrected chi connectivity index (χ4v) is 2.47. The number of benzene rings is 1. The molecule has 0 aromatic heterocycles. The van der Waals surface area contributed by atoms with Gasteiger partial charge in [0.2, 0.25) is 0 Å². The third-order valence-corrected chi connectivity index (χ3v) is 4.21. The number of hydrogen-bond donors (Lipinski definition) is 1. The summed E-state index contributed by atoms with van der Waals surface area (Å²) in [6, 6.07) is 9.10. The van der Waals surface area contributed by atoms with Gasteiger partial charge in [0.15, 0.2) is 0 Å². The van der Waals surface area contributed by atoms with Gasteiger partial charge < -0.3 is 10.1 Å². The van der Waals surface area contributed by atoms with E-state index < -0.39 is 0 Å². The third-order valence-electron chi connectivity index (χ3n) is 3.44. The molecule has 1 aliphatic rings. The molecule has 0 spiro atoms. The summed E-state index contributed by atoms with van der Waals surface area (Å²) in [5, 5.41) is 3.55. The first-order valence-corrected chi connectivity index (χ1v) is 8.20. The molecule has 1 aromatic carbocycles. The van der Waals surface area contributed by atoms with Gasteiger partial charge in [-0.05, 0) is 43.9 Å². The lowest BCUT2D eigenvalue weighted by molar-refractivity contribution is 0.116. The van der Waals surface area contributed by atoms with E-state index in [9.17, 15) is 0 Å². The van der Waals surface area contributed by atoms with Crippen molar-refractivity contribution in [1.29, 1.82) is 0 Å². The molecule has 1 N–H and O–H groups in total.